The van der Waals surface area contributed by atoms with Crippen molar-refractivity contribution in [3.8, 4) is 11.8 Å². The minimum atomic E-state index is 0.157. The molecule has 0 spiro atoms. The number of rotatable bonds is 3. The van der Waals surface area contributed by atoms with E-state index in [-0.39, 0.29) is 5.92 Å². The summed E-state index contributed by atoms with van der Waals surface area (Å²) in [5, 5.41) is 14.9. The lowest BCUT2D eigenvalue weighted by atomic mass is 9.84. The summed E-state index contributed by atoms with van der Waals surface area (Å²) < 4.78 is 11.4. The molecule has 3 heterocycles. The molecule has 3 aliphatic rings. The highest BCUT2D eigenvalue weighted by atomic mass is 16.3. The number of benzene rings is 4. The van der Waals surface area contributed by atoms with Crippen molar-refractivity contribution in [2.24, 2.45) is 5.92 Å². The monoisotopic (exact) mass is 621 g/mol. The van der Waals surface area contributed by atoms with Crippen LogP contribution in [-0.4, -0.2) is 9.13 Å². The molecule has 4 heteroatoms. The molecule has 3 aromatic heterocycles. The van der Waals surface area contributed by atoms with Crippen molar-refractivity contribution >= 4 is 61.6 Å². The zero-order valence-electron chi connectivity index (χ0n) is 27.0. The molecule has 232 valence electrons. The Morgan fingerprint density at radius 3 is 2.54 bits per heavy atom. The van der Waals surface area contributed by atoms with Crippen LogP contribution >= 0.6 is 0 Å². The number of allylic oxidation sites excluding steroid dienone is 4. The van der Waals surface area contributed by atoms with Gasteiger partial charge in [-0.1, -0.05) is 67.6 Å². The van der Waals surface area contributed by atoms with E-state index >= 15 is 0 Å². The van der Waals surface area contributed by atoms with Crippen molar-refractivity contribution in [2.45, 2.75) is 51.4 Å². The molecule has 0 fully saturated rings. The average molecular weight is 622 g/mol. The topological polar surface area (TPSA) is 46.8 Å². The molecule has 4 nitrogen and oxygen atoms in total. The molecule has 0 radical (unpaired) electrons. The summed E-state index contributed by atoms with van der Waals surface area (Å²) in [4.78, 5) is 0. The van der Waals surface area contributed by atoms with Crippen molar-refractivity contribution in [2.75, 3.05) is 0 Å². The van der Waals surface area contributed by atoms with E-state index in [0.717, 1.165) is 66.2 Å². The van der Waals surface area contributed by atoms with Crippen LogP contribution in [0.25, 0.3) is 67.3 Å². The Hall–Kier alpha value is -5.53. The van der Waals surface area contributed by atoms with Crippen molar-refractivity contribution < 1.29 is 4.42 Å². The van der Waals surface area contributed by atoms with E-state index in [2.05, 4.69) is 119 Å². The van der Waals surface area contributed by atoms with Gasteiger partial charge < -0.3 is 13.6 Å². The Morgan fingerprint density at radius 1 is 0.771 bits per heavy atom. The van der Waals surface area contributed by atoms with Gasteiger partial charge in [0.05, 0.1) is 28.4 Å². The van der Waals surface area contributed by atoms with Gasteiger partial charge in [0, 0.05) is 44.5 Å². The lowest BCUT2D eigenvalue weighted by Gasteiger charge is -2.30. The molecule has 0 saturated heterocycles. The molecule has 48 heavy (non-hydrogen) atoms. The third-order valence-electron chi connectivity index (χ3n) is 11.0. The minimum absolute atomic E-state index is 0.157. The molecule has 2 atom stereocenters. The minimum Gasteiger partial charge on any atom is -0.456 e. The molecule has 0 aliphatic heterocycles. The normalized spacial score (nSPS) is 18.8. The van der Waals surface area contributed by atoms with Crippen LogP contribution in [0.5, 0.6) is 0 Å². The number of furan rings is 1. The molecule has 4 aromatic carbocycles. The predicted molar refractivity (Wildman–Crippen MR) is 197 cm³/mol. The second-order valence-corrected chi connectivity index (χ2v) is 13.9. The first-order valence-corrected chi connectivity index (χ1v) is 17.4. The molecule has 10 rings (SSSR count). The molecule has 0 bridgehead atoms. The summed E-state index contributed by atoms with van der Waals surface area (Å²) in [6.07, 6.45) is 18.2. The van der Waals surface area contributed by atoms with Gasteiger partial charge in [0.1, 0.15) is 11.2 Å². The molecule has 0 saturated carbocycles. The highest BCUT2D eigenvalue weighted by Gasteiger charge is 2.31. The lowest BCUT2D eigenvalue weighted by molar-refractivity contribution is 0.647. The predicted octanol–water partition coefficient (Wildman–Crippen LogP) is 11.3. The van der Waals surface area contributed by atoms with Gasteiger partial charge in [-0.2, -0.15) is 5.26 Å². The van der Waals surface area contributed by atoms with Crippen molar-refractivity contribution in [3.05, 3.63) is 131 Å². The van der Waals surface area contributed by atoms with Gasteiger partial charge in [-0.05, 0) is 110 Å². The summed E-state index contributed by atoms with van der Waals surface area (Å²) in [7, 11) is 0. The Labute approximate surface area is 279 Å². The van der Waals surface area contributed by atoms with Crippen LogP contribution in [0.4, 0.5) is 0 Å². The second kappa shape index (κ2) is 10.5. The van der Waals surface area contributed by atoms with Crippen LogP contribution in [0.2, 0.25) is 0 Å². The van der Waals surface area contributed by atoms with Crippen LogP contribution in [0.1, 0.15) is 72.2 Å². The van der Waals surface area contributed by atoms with Gasteiger partial charge in [0.25, 0.3) is 0 Å². The second-order valence-electron chi connectivity index (χ2n) is 13.9. The van der Waals surface area contributed by atoms with Crippen LogP contribution in [0.15, 0.2) is 102 Å². The van der Waals surface area contributed by atoms with E-state index in [0.29, 0.717) is 11.5 Å². The summed E-state index contributed by atoms with van der Waals surface area (Å²) in [5.74, 6) is 0.681. The summed E-state index contributed by atoms with van der Waals surface area (Å²) in [5.41, 5.74) is 14.2. The van der Waals surface area contributed by atoms with Gasteiger partial charge >= 0.3 is 0 Å². The quantitative estimate of drug-likeness (QED) is 0.197. The van der Waals surface area contributed by atoms with Gasteiger partial charge in [-0.15, -0.1) is 0 Å². The summed E-state index contributed by atoms with van der Waals surface area (Å²) >= 11 is 0. The van der Waals surface area contributed by atoms with Crippen molar-refractivity contribution in [3.63, 3.8) is 0 Å². The van der Waals surface area contributed by atoms with Crippen molar-refractivity contribution in [1.29, 1.82) is 5.26 Å². The maximum absolute atomic E-state index is 10.1. The van der Waals surface area contributed by atoms with E-state index in [1.165, 1.54) is 55.6 Å². The number of hydrogen-bond donors (Lipinski definition) is 0. The van der Waals surface area contributed by atoms with Crippen LogP contribution in [0, 0.1) is 17.2 Å². The zero-order chi connectivity index (χ0) is 31.9. The zero-order valence-corrected chi connectivity index (χ0v) is 27.0. The van der Waals surface area contributed by atoms with E-state index < -0.39 is 0 Å². The van der Waals surface area contributed by atoms with Crippen LogP contribution < -0.4 is 0 Å². The van der Waals surface area contributed by atoms with Gasteiger partial charge in [0.2, 0.25) is 0 Å². The number of nitriles is 1. The molecule has 0 N–H and O–H groups in total. The fourth-order valence-electron chi connectivity index (χ4n) is 8.88. The Bertz CT molecular complexity index is 2610. The number of fused-ring (bicyclic) bond motifs is 9. The number of aromatic nitrogens is 2. The Balaban J connectivity index is 1.23. The molecule has 2 unspecified atom stereocenters. The van der Waals surface area contributed by atoms with E-state index in [1.807, 2.05) is 12.1 Å². The maximum Gasteiger partial charge on any atom is 0.136 e. The first kappa shape index (κ1) is 27.6. The SMILES string of the molecule is CC1C=Cc2c(c3c(n2-c2cc(C#N)ccc2C2CCCC=C2n2c4ccccc4c4cc5oc6ccccc6c5cc42)C=CCC3)C1. The first-order valence-electron chi connectivity index (χ1n) is 17.4. The molecule has 3 aliphatic carbocycles. The Kier molecular flexibility index (Phi) is 6.02. The first-order chi connectivity index (χ1) is 23.7. The number of hydrogen-bond acceptors (Lipinski definition) is 2. The van der Waals surface area contributed by atoms with Gasteiger partial charge in [-0.3, -0.25) is 0 Å². The molecular formula is C44H35N3O. The molecule has 7 aromatic rings. The fourth-order valence-corrected chi connectivity index (χ4v) is 8.88. The van der Waals surface area contributed by atoms with E-state index in [1.54, 1.807) is 0 Å². The lowest BCUT2D eigenvalue weighted by Crippen LogP contribution is -2.16. The fraction of sp³-hybridized carbons (Fsp3) is 0.205. The van der Waals surface area contributed by atoms with Crippen LogP contribution in [0.3, 0.4) is 0 Å². The highest BCUT2D eigenvalue weighted by Crippen LogP contribution is 2.47. The maximum atomic E-state index is 10.1. The molecule has 0 amide bonds. The molecular weight excluding hydrogens is 587 g/mol. The van der Waals surface area contributed by atoms with Gasteiger partial charge in [-0.25, -0.2) is 0 Å². The number of nitrogens with zero attached hydrogens (tertiary/aromatic N) is 3. The number of para-hydroxylation sites is 2. The smallest absolute Gasteiger partial charge is 0.136 e. The summed E-state index contributed by atoms with van der Waals surface area (Å²) in [6, 6.07) is 30.6. The standard InChI is InChI=1S/C44H35N3O/c1-27-18-21-40-34(22-27)30-11-3-7-15-38(30)47(40)41-23-28(26-45)19-20-32(41)29-10-2-6-14-37(29)46-39-16-8-4-12-31(39)35-25-44-36(24-42(35)46)33-13-5-9-17-43(33)48-44/h4-5,7-9,12-21,23-25,27,29H,2-3,6,10-11,22H2,1H3. The largest absolute Gasteiger partial charge is 0.456 e. The van der Waals surface area contributed by atoms with Gasteiger partial charge in [0.15, 0.2) is 0 Å². The Morgan fingerprint density at radius 2 is 1.62 bits per heavy atom. The third kappa shape index (κ3) is 3.94. The van der Waals surface area contributed by atoms with Crippen molar-refractivity contribution in [1.82, 2.24) is 9.13 Å². The summed E-state index contributed by atoms with van der Waals surface area (Å²) in [6.45, 7) is 2.31. The van der Waals surface area contributed by atoms with E-state index in [9.17, 15) is 5.26 Å². The van der Waals surface area contributed by atoms with Crippen LogP contribution in [-0.2, 0) is 12.8 Å². The highest BCUT2D eigenvalue weighted by molar-refractivity contribution is 6.17. The third-order valence-corrected chi connectivity index (χ3v) is 11.0. The average Bonchev–Trinajstić information content (AvgIpc) is 3.77. The van der Waals surface area contributed by atoms with E-state index in [4.69, 9.17) is 4.42 Å².